The molecule has 1 aromatic carbocycles. The fraction of sp³-hybridized carbons (Fsp3) is 0.333. The predicted octanol–water partition coefficient (Wildman–Crippen LogP) is 4.30. The lowest BCUT2D eigenvalue weighted by atomic mass is 9.73. The van der Waals surface area contributed by atoms with Crippen LogP contribution in [0.3, 0.4) is 0 Å². The minimum absolute atomic E-state index is 0.00170. The first-order valence-corrected chi connectivity index (χ1v) is 12.2. The van der Waals surface area contributed by atoms with Crippen LogP contribution in [0.15, 0.2) is 42.9 Å². The van der Waals surface area contributed by atoms with Gasteiger partial charge in [-0.3, -0.25) is 9.78 Å². The molecular weight excluding hydrogens is 492 g/mol. The van der Waals surface area contributed by atoms with Gasteiger partial charge in [0.25, 0.3) is 0 Å². The smallest absolute Gasteiger partial charge is 0.219 e. The number of aromatic nitrogens is 3. The number of nitrogens with one attached hydrogen (secondary N) is 3. The SMILES string of the molecule is CC(=O)N(C)[C@@H]1[C@H](N)C[C@H](c2ccncc2Nc2ncc(/C=C\C(=N)c3c(F)cc(O)cc3F)[nH]2)C[C@@H]1C. The molecule has 38 heavy (non-hydrogen) atoms. The predicted molar refractivity (Wildman–Crippen MR) is 141 cm³/mol. The number of allylic oxidation sites excluding steroid dienone is 1. The molecule has 4 rings (SSSR count). The summed E-state index contributed by atoms with van der Waals surface area (Å²) in [7, 11) is 1.80. The summed E-state index contributed by atoms with van der Waals surface area (Å²) in [6.45, 7) is 3.67. The van der Waals surface area contributed by atoms with Gasteiger partial charge in [-0.15, -0.1) is 0 Å². The van der Waals surface area contributed by atoms with E-state index in [-0.39, 0.29) is 29.8 Å². The van der Waals surface area contributed by atoms with Gasteiger partial charge in [-0.1, -0.05) is 6.92 Å². The number of halogens is 2. The maximum atomic E-state index is 14.0. The molecular formula is C27H31F2N7O2. The Balaban J connectivity index is 1.48. The fourth-order valence-electron chi connectivity index (χ4n) is 5.26. The zero-order valence-electron chi connectivity index (χ0n) is 21.4. The molecule has 0 spiro atoms. The summed E-state index contributed by atoms with van der Waals surface area (Å²) in [5.41, 5.74) is 7.92. The van der Waals surface area contributed by atoms with Gasteiger partial charge in [0.2, 0.25) is 11.9 Å². The molecule has 1 amide bonds. The molecule has 0 saturated heterocycles. The third-order valence-corrected chi connectivity index (χ3v) is 7.05. The normalized spacial score (nSPS) is 21.4. The van der Waals surface area contributed by atoms with E-state index in [2.05, 4.69) is 27.2 Å². The molecule has 9 nitrogen and oxygen atoms in total. The Labute approximate surface area is 219 Å². The number of rotatable bonds is 7. The van der Waals surface area contributed by atoms with Crippen LogP contribution in [0.1, 0.15) is 49.4 Å². The molecule has 1 aliphatic carbocycles. The number of likely N-dealkylation sites (N-methyl/N-ethyl adjacent to an activating group) is 1. The summed E-state index contributed by atoms with van der Waals surface area (Å²) in [4.78, 5) is 25.3. The molecule has 0 bridgehead atoms. The first-order valence-electron chi connectivity index (χ1n) is 12.2. The highest BCUT2D eigenvalue weighted by Crippen LogP contribution is 2.40. The molecule has 6 N–H and O–H groups in total. The van der Waals surface area contributed by atoms with Crippen LogP contribution in [0.4, 0.5) is 20.4 Å². The quantitative estimate of drug-likeness (QED) is 0.292. The van der Waals surface area contributed by atoms with Gasteiger partial charge in [-0.2, -0.15) is 0 Å². The molecule has 3 aromatic rings. The van der Waals surface area contributed by atoms with Crippen molar-refractivity contribution in [3.8, 4) is 5.75 Å². The average Bonchev–Trinajstić information content (AvgIpc) is 3.29. The Morgan fingerprint density at radius 1 is 1.29 bits per heavy atom. The molecule has 2 heterocycles. The Bertz CT molecular complexity index is 1340. The van der Waals surface area contributed by atoms with Crippen molar-refractivity contribution in [2.45, 2.75) is 44.7 Å². The fourth-order valence-corrected chi connectivity index (χ4v) is 5.26. The number of carbonyl (C=O) groups is 1. The molecule has 0 radical (unpaired) electrons. The van der Waals surface area contributed by atoms with Gasteiger partial charge in [-0.25, -0.2) is 13.8 Å². The van der Waals surface area contributed by atoms with E-state index in [1.807, 2.05) is 6.07 Å². The Kier molecular flexibility index (Phi) is 7.86. The maximum absolute atomic E-state index is 14.0. The van der Waals surface area contributed by atoms with Crippen molar-refractivity contribution in [1.82, 2.24) is 19.9 Å². The van der Waals surface area contributed by atoms with E-state index >= 15 is 0 Å². The van der Waals surface area contributed by atoms with E-state index in [0.29, 0.717) is 18.1 Å². The molecule has 200 valence electrons. The molecule has 0 aliphatic heterocycles. The molecule has 2 aromatic heterocycles. The van der Waals surface area contributed by atoms with Crippen LogP contribution >= 0.6 is 0 Å². The number of anilines is 2. The van der Waals surface area contributed by atoms with E-state index in [9.17, 15) is 18.7 Å². The van der Waals surface area contributed by atoms with Crippen LogP contribution < -0.4 is 11.1 Å². The van der Waals surface area contributed by atoms with Gasteiger partial charge in [0.15, 0.2) is 0 Å². The highest BCUT2D eigenvalue weighted by molar-refractivity contribution is 6.09. The number of phenolic OH excluding ortho intramolecular Hbond substituents is 1. The van der Waals surface area contributed by atoms with Crippen molar-refractivity contribution in [3.63, 3.8) is 0 Å². The Morgan fingerprint density at radius 2 is 2.00 bits per heavy atom. The summed E-state index contributed by atoms with van der Waals surface area (Å²) in [6, 6.07) is 3.27. The summed E-state index contributed by atoms with van der Waals surface area (Å²) < 4.78 is 28.1. The third kappa shape index (κ3) is 5.72. The number of nitrogens with two attached hydrogens (primary N) is 1. The van der Waals surface area contributed by atoms with Crippen LogP contribution in [0.5, 0.6) is 5.75 Å². The lowest BCUT2D eigenvalue weighted by Crippen LogP contribution is -2.54. The molecule has 11 heteroatoms. The van der Waals surface area contributed by atoms with Crippen molar-refractivity contribution in [3.05, 3.63) is 71.3 Å². The Morgan fingerprint density at radius 3 is 2.66 bits per heavy atom. The van der Waals surface area contributed by atoms with Gasteiger partial charge in [0.05, 0.1) is 35.1 Å². The number of benzene rings is 1. The van der Waals surface area contributed by atoms with Crippen LogP contribution in [0, 0.1) is 23.0 Å². The van der Waals surface area contributed by atoms with Crippen molar-refractivity contribution in [1.29, 1.82) is 5.41 Å². The van der Waals surface area contributed by atoms with Gasteiger partial charge in [-0.05, 0) is 48.5 Å². The highest BCUT2D eigenvalue weighted by Gasteiger charge is 2.38. The van der Waals surface area contributed by atoms with Gasteiger partial charge in [0.1, 0.15) is 17.4 Å². The lowest BCUT2D eigenvalue weighted by Gasteiger charge is -2.43. The number of aromatic amines is 1. The summed E-state index contributed by atoms with van der Waals surface area (Å²) in [5.74, 6) is -1.81. The van der Waals surface area contributed by atoms with Crippen molar-refractivity contribution < 1.29 is 18.7 Å². The highest BCUT2D eigenvalue weighted by atomic mass is 19.1. The van der Waals surface area contributed by atoms with Crippen molar-refractivity contribution in [2.24, 2.45) is 11.7 Å². The number of imidazole rings is 1. The zero-order chi connectivity index (χ0) is 27.6. The van der Waals surface area contributed by atoms with Gasteiger partial charge < -0.3 is 31.5 Å². The number of pyridine rings is 1. The first kappa shape index (κ1) is 26.9. The van der Waals surface area contributed by atoms with Crippen LogP contribution in [-0.4, -0.2) is 55.7 Å². The molecule has 1 aliphatic rings. The standard InChI is InChI=1S/C27H31F2N7O2/c1-14-8-16(9-23(31)26(14)36(3)15(2)37)19-6-7-32-13-24(19)35-27-33-12-17(34-27)4-5-22(30)25-20(28)10-18(38)11-21(25)29/h4-7,10-14,16,23,26,30,38H,8-9,31H2,1-3H3,(H2,33,34,35)/b5-4-,30-22?/t14-,16+,23+,26-/m0/s1. The number of amides is 1. The molecule has 1 saturated carbocycles. The maximum Gasteiger partial charge on any atom is 0.219 e. The Hall–Kier alpha value is -4.12. The van der Waals surface area contributed by atoms with Gasteiger partial charge >= 0.3 is 0 Å². The third-order valence-electron chi connectivity index (χ3n) is 7.05. The van der Waals surface area contributed by atoms with Crippen LogP contribution in [-0.2, 0) is 4.79 Å². The lowest BCUT2D eigenvalue weighted by molar-refractivity contribution is -0.131. The number of hydrogen-bond acceptors (Lipinski definition) is 7. The van der Waals surface area contributed by atoms with Crippen molar-refractivity contribution >= 4 is 29.3 Å². The van der Waals surface area contributed by atoms with E-state index in [4.69, 9.17) is 11.1 Å². The number of carbonyl (C=O) groups excluding carboxylic acids is 1. The second-order valence-corrected chi connectivity index (χ2v) is 9.74. The van der Waals surface area contributed by atoms with E-state index in [1.54, 1.807) is 31.3 Å². The minimum atomic E-state index is -1.02. The zero-order valence-corrected chi connectivity index (χ0v) is 21.4. The van der Waals surface area contributed by atoms with E-state index < -0.39 is 28.7 Å². The topological polar surface area (TPSA) is 144 Å². The summed E-state index contributed by atoms with van der Waals surface area (Å²) in [6.07, 6.45) is 9.25. The number of hydrogen-bond donors (Lipinski definition) is 5. The average molecular weight is 524 g/mol. The number of H-pyrrole nitrogens is 1. The van der Waals surface area contributed by atoms with Crippen LogP contribution in [0.25, 0.3) is 6.08 Å². The minimum Gasteiger partial charge on any atom is -0.508 e. The van der Waals surface area contributed by atoms with Crippen molar-refractivity contribution in [2.75, 3.05) is 12.4 Å². The van der Waals surface area contributed by atoms with E-state index in [0.717, 1.165) is 29.8 Å². The monoisotopic (exact) mass is 523 g/mol. The number of nitrogens with zero attached hydrogens (tertiary/aromatic N) is 3. The number of phenols is 1. The van der Waals surface area contributed by atoms with Crippen LogP contribution in [0.2, 0.25) is 0 Å². The first-order chi connectivity index (χ1) is 18.0. The summed E-state index contributed by atoms with van der Waals surface area (Å²) >= 11 is 0. The molecule has 0 unspecified atom stereocenters. The second kappa shape index (κ2) is 11.1. The second-order valence-electron chi connectivity index (χ2n) is 9.74. The number of aromatic hydroxyl groups is 1. The summed E-state index contributed by atoms with van der Waals surface area (Å²) in [5, 5.41) is 20.6. The molecule has 1 fully saturated rings. The van der Waals surface area contributed by atoms with Gasteiger partial charge in [0, 0.05) is 44.4 Å². The molecule has 4 atom stereocenters. The largest absolute Gasteiger partial charge is 0.508 e. The van der Waals surface area contributed by atoms with E-state index in [1.165, 1.54) is 18.3 Å².